The lowest BCUT2D eigenvalue weighted by Gasteiger charge is -2.19. The van der Waals surface area contributed by atoms with Gasteiger partial charge in [-0.15, -0.1) is 0 Å². The Bertz CT molecular complexity index is 506. The molecule has 6 nitrogen and oxygen atoms in total. The van der Waals surface area contributed by atoms with Crippen LogP contribution < -0.4 is 5.32 Å². The summed E-state index contributed by atoms with van der Waals surface area (Å²) in [6, 6.07) is 4.25. The van der Waals surface area contributed by atoms with Crippen molar-refractivity contribution in [1.82, 2.24) is 5.32 Å². The highest BCUT2D eigenvalue weighted by Gasteiger charge is 2.20. The molecule has 0 aliphatic rings. The first-order valence-corrected chi connectivity index (χ1v) is 6.75. The van der Waals surface area contributed by atoms with E-state index in [0.717, 1.165) is 0 Å². The molecular weight excluding hydrogens is 330 g/mol. The summed E-state index contributed by atoms with van der Waals surface area (Å²) < 4.78 is 0.500. The van der Waals surface area contributed by atoms with Crippen LogP contribution in [0.25, 0.3) is 0 Å². The Morgan fingerprint density at radius 3 is 2.50 bits per heavy atom. The highest BCUT2D eigenvalue weighted by atomic mass is 79.9. The van der Waals surface area contributed by atoms with Crippen LogP contribution in [0.5, 0.6) is 0 Å². The van der Waals surface area contributed by atoms with Crippen molar-refractivity contribution in [2.24, 2.45) is 0 Å². The predicted molar refractivity (Wildman–Crippen MR) is 75.4 cm³/mol. The number of carbonyl (C=O) groups excluding carboxylic acids is 1. The molecule has 0 heterocycles. The molecule has 0 saturated heterocycles. The smallest absolute Gasteiger partial charge is 0.335 e. The molecule has 110 valence electrons. The monoisotopic (exact) mass is 345 g/mol. The second kappa shape index (κ2) is 7.37. The van der Waals surface area contributed by atoms with Gasteiger partial charge in [0.2, 0.25) is 5.91 Å². The van der Waals surface area contributed by atoms with Crippen molar-refractivity contribution < 1.29 is 24.9 Å². The van der Waals surface area contributed by atoms with Crippen molar-refractivity contribution in [2.75, 3.05) is 6.54 Å². The summed E-state index contributed by atoms with van der Waals surface area (Å²) in [5.41, 5.74) is 0.314. The van der Waals surface area contributed by atoms with Gasteiger partial charge in [0, 0.05) is 17.9 Å². The van der Waals surface area contributed by atoms with Gasteiger partial charge in [0.05, 0.1) is 11.7 Å². The Kier molecular flexibility index (Phi) is 6.12. The van der Waals surface area contributed by atoms with E-state index in [0.29, 0.717) is 10.0 Å². The summed E-state index contributed by atoms with van der Waals surface area (Å²) in [7, 11) is 0. The van der Waals surface area contributed by atoms with E-state index in [1.54, 1.807) is 6.07 Å². The number of carboxylic acid groups (broad SMARTS) is 1. The molecule has 0 aliphatic heterocycles. The predicted octanol–water partition coefficient (Wildman–Crippen LogP) is 1.07. The number of aliphatic hydroxyl groups is 2. The van der Waals surface area contributed by atoms with Gasteiger partial charge in [-0.25, -0.2) is 4.79 Å². The van der Waals surface area contributed by atoms with E-state index in [1.165, 1.54) is 19.1 Å². The minimum atomic E-state index is -1.22. The summed E-state index contributed by atoms with van der Waals surface area (Å²) in [6.45, 7) is 1.59. The number of aromatic carboxylic acids is 1. The number of benzene rings is 1. The van der Waals surface area contributed by atoms with E-state index in [4.69, 9.17) is 5.11 Å². The molecule has 2 atom stereocenters. The number of amides is 1. The Morgan fingerprint density at radius 1 is 1.30 bits per heavy atom. The normalized spacial score (nSPS) is 13.6. The quantitative estimate of drug-likeness (QED) is 0.616. The Labute approximate surface area is 124 Å². The molecule has 0 aliphatic carbocycles. The minimum Gasteiger partial charge on any atom is -0.478 e. The lowest BCUT2D eigenvalue weighted by Crippen LogP contribution is -2.27. The zero-order chi connectivity index (χ0) is 15.3. The zero-order valence-corrected chi connectivity index (χ0v) is 12.4. The van der Waals surface area contributed by atoms with Gasteiger partial charge in [0.1, 0.15) is 6.10 Å². The van der Waals surface area contributed by atoms with Crippen LogP contribution in [0.15, 0.2) is 22.7 Å². The van der Waals surface area contributed by atoms with Gasteiger partial charge in [0.25, 0.3) is 0 Å². The van der Waals surface area contributed by atoms with E-state index >= 15 is 0 Å². The lowest BCUT2D eigenvalue weighted by molar-refractivity contribution is -0.119. The first-order chi connectivity index (χ1) is 9.31. The van der Waals surface area contributed by atoms with E-state index < -0.39 is 18.2 Å². The summed E-state index contributed by atoms with van der Waals surface area (Å²) >= 11 is 3.16. The van der Waals surface area contributed by atoms with E-state index in [-0.39, 0.29) is 24.4 Å². The average Bonchev–Trinajstić information content (AvgIpc) is 2.36. The maximum Gasteiger partial charge on any atom is 0.335 e. The first-order valence-electron chi connectivity index (χ1n) is 5.95. The number of carbonyl (C=O) groups is 2. The molecule has 0 saturated carbocycles. The van der Waals surface area contributed by atoms with Gasteiger partial charge in [-0.3, -0.25) is 4.79 Å². The fourth-order valence-electron chi connectivity index (χ4n) is 1.68. The fourth-order valence-corrected chi connectivity index (χ4v) is 2.19. The summed E-state index contributed by atoms with van der Waals surface area (Å²) in [4.78, 5) is 21.6. The molecule has 0 spiro atoms. The maximum absolute atomic E-state index is 10.9. The molecule has 0 fully saturated rings. The molecule has 0 bridgehead atoms. The average molecular weight is 346 g/mol. The molecule has 20 heavy (non-hydrogen) atoms. The standard InChI is InChI=1S/C13H16BrNO5/c1-7(16)15-3-2-11(17)12(18)8-4-9(13(19)20)6-10(14)5-8/h4-6,11-12,17-18H,2-3H2,1H3,(H,15,16)(H,19,20). The second-order valence-corrected chi connectivity index (χ2v) is 5.28. The molecule has 0 aromatic heterocycles. The van der Waals surface area contributed by atoms with Gasteiger partial charge in [-0.2, -0.15) is 0 Å². The highest BCUT2D eigenvalue weighted by molar-refractivity contribution is 9.10. The van der Waals surface area contributed by atoms with E-state index in [1.807, 2.05) is 0 Å². The van der Waals surface area contributed by atoms with Crippen molar-refractivity contribution in [3.63, 3.8) is 0 Å². The van der Waals surface area contributed by atoms with Crippen LogP contribution in [-0.4, -0.2) is 39.8 Å². The van der Waals surface area contributed by atoms with E-state index in [2.05, 4.69) is 21.2 Å². The summed E-state index contributed by atoms with van der Waals surface area (Å²) in [6.07, 6.45) is -2.16. The molecule has 7 heteroatoms. The molecule has 1 aromatic rings. The van der Waals surface area contributed by atoms with Crippen molar-refractivity contribution in [3.05, 3.63) is 33.8 Å². The van der Waals surface area contributed by atoms with Crippen LogP contribution in [0.3, 0.4) is 0 Å². The van der Waals surface area contributed by atoms with E-state index in [9.17, 15) is 19.8 Å². The van der Waals surface area contributed by atoms with Crippen molar-refractivity contribution in [3.8, 4) is 0 Å². The summed E-state index contributed by atoms with van der Waals surface area (Å²) in [5.74, 6) is -1.34. The van der Waals surface area contributed by atoms with Crippen LogP contribution >= 0.6 is 15.9 Å². The van der Waals surface area contributed by atoms with Crippen LogP contribution in [0.1, 0.15) is 35.4 Å². The molecule has 1 rings (SSSR count). The topological polar surface area (TPSA) is 107 Å². The fraction of sp³-hybridized carbons (Fsp3) is 0.385. The minimum absolute atomic E-state index is 0.0162. The molecule has 1 amide bonds. The maximum atomic E-state index is 10.9. The van der Waals surface area contributed by atoms with Crippen molar-refractivity contribution in [2.45, 2.75) is 25.6 Å². The van der Waals surface area contributed by atoms with Crippen LogP contribution in [0.2, 0.25) is 0 Å². The van der Waals surface area contributed by atoms with Crippen molar-refractivity contribution in [1.29, 1.82) is 0 Å². The third-order valence-corrected chi connectivity index (χ3v) is 3.14. The third-order valence-electron chi connectivity index (χ3n) is 2.69. The SMILES string of the molecule is CC(=O)NCCC(O)C(O)c1cc(Br)cc(C(=O)O)c1. The number of halogens is 1. The van der Waals surface area contributed by atoms with Crippen LogP contribution in [0.4, 0.5) is 0 Å². The largest absolute Gasteiger partial charge is 0.478 e. The van der Waals surface area contributed by atoms with Gasteiger partial charge < -0.3 is 20.6 Å². The van der Waals surface area contributed by atoms with Crippen LogP contribution in [0, 0.1) is 0 Å². The number of aliphatic hydroxyl groups excluding tert-OH is 2. The number of hydrogen-bond acceptors (Lipinski definition) is 4. The Morgan fingerprint density at radius 2 is 1.95 bits per heavy atom. The highest BCUT2D eigenvalue weighted by Crippen LogP contribution is 2.24. The Balaban J connectivity index is 2.77. The van der Waals surface area contributed by atoms with Crippen LogP contribution in [-0.2, 0) is 4.79 Å². The Hall–Kier alpha value is -1.44. The number of hydrogen-bond donors (Lipinski definition) is 4. The third kappa shape index (κ3) is 4.92. The molecular formula is C13H16BrNO5. The zero-order valence-electron chi connectivity index (χ0n) is 10.8. The molecule has 2 unspecified atom stereocenters. The number of rotatable bonds is 6. The number of carboxylic acids is 1. The van der Waals surface area contributed by atoms with Gasteiger partial charge >= 0.3 is 5.97 Å². The van der Waals surface area contributed by atoms with Gasteiger partial charge in [0.15, 0.2) is 0 Å². The van der Waals surface area contributed by atoms with Gasteiger partial charge in [-0.05, 0) is 30.2 Å². The lowest BCUT2D eigenvalue weighted by atomic mass is 10.00. The second-order valence-electron chi connectivity index (χ2n) is 4.36. The van der Waals surface area contributed by atoms with Gasteiger partial charge in [-0.1, -0.05) is 15.9 Å². The first kappa shape index (κ1) is 16.6. The number of nitrogens with one attached hydrogen (secondary N) is 1. The molecule has 4 N–H and O–H groups in total. The molecule has 0 radical (unpaired) electrons. The molecule has 1 aromatic carbocycles. The summed E-state index contributed by atoms with van der Waals surface area (Å²) in [5, 5.41) is 31.3. The van der Waals surface area contributed by atoms with Crippen molar-refractivity contribution >= 4 is 27.8 Å².